The Morgan fingerprint density at radius 1 is 1.41 bits per heavy atom. The van der Waals surface area contributed by atoms with Gasteiger partial charge >= 0.3 is 5.97 Å². The zero-order valence-electron chi connectivity index (χ0n) is 9.81. The zero-order chi connectivity index (χ0) is 12.4. The molecule has 2 aromatic rings. The molecule has 2 rings (SSSR count). The van der Waals surface area contributed by atoms with E-state index in [2.05, 4.69) is 0 Å². The number of carbonyl (C=O) groups is 1. The van der Waals surface area contributed by atoms with E-state index in [-0.39, 0.29) is 18.6 Å². The normalized spacial score (nSPS) is 11.1. The summed E-state index contributed by atoms with van der Waals surface area (Å²) >= 11 is 5.90. The molecule has 0 N–H and O–H groups in total. The van der Waals surface area contributed by atoms with E-state index >= 15 is 0 Å². The maximum atomic E-state index is 11.6. The van der Waals surface area contributed by atoms with Gasteiger partial charge < -0.3 is 9.30 Å². The van der Waals surface area contributed by atoms with E-state index < -0.39 is 0 Å². The van der Waals surface area contributed by atoms with Crippen LogP contribution in [-0.4, -0.2) is 16.6 Å². The van der Waals surface area contributed by atoms with Gasteiger partial charge in [0, 0.05) is 22.1 Å². The fourth-order valence-electron chi connectivity index (χ4n) is 1.75. The summed E-state index contributed by atoms with van der Waals surface area (Å²) in [6.45, 7) is 3.90. The second kappa shape index (κ2) is 4.80. The lowest BCUT2D eigenvalue weighted by Crippen LogP contribution is -2.16. The zero-order valence-corrected chi connectivity index (χ0v) is 10.6. The first-order chi connectivity index (χ1) is 8.06. The molecule has 1 aromatic heterocycles. The van der Waals surface area contributed by atoms with E-state index in [9.17, 15) is 4.79 Å². The van der Waals surface area contributed by atoms with Gasteiger partial charge in [-0.1, -0.05) is 11.6 Å². The molecule has 0 unspecified atom stereocenters. The highest BCUT2D eigenvalue weighted by Gasteiger charge is 2.08. The summed E-state index contributed by atoms with van der Waals surface area (Å²) < 4.78 is 6.97. The Kier molecular flexibility index (Phi) is 3.38. The molecule has 1 aromatic carbocycles. The van der Waals surface area contributed by atoms with Crippen LogP contribution >= 0.6 is 11.6 Å². The van der Waals surface area contributed by atoms with E-state index in [0.29, 0.717) is 5.02 Å². The summed E-state index contributed by atoms with van der Waals surface area (Å²) in [4.78, 5) is 11.6. The summed E-state index contributed by atoms with van der Waals surface area (Å²) in [5.74, 6) is -0.229. The minimum atomic E-state index is -0.229. The van der Waals surface area contributed by atoms with Crippen molar-refractivity contribution in [2.45, 2.75) is 26.5 Å². The van der Waals surface area contributed by atoms with Gasteiger partial charge in [-0.15, -0.1) is 0 Å². The van der Waals surface area contributed by atoms with Crippen molar-refractivity contribution in [2.24, 2.45) is 0 Å². The van der Waals surface area contributed by atoms with Crippen LogP contribution in [0.25, 0.3) is 10.9 Å². The molecule has 17 heavy (non-hydrogen) atoms. The molecule has 0 amide bonds. The van der Waals surface area contributed by atoms with Crippen molar-refractivity contribution in [1.29, 1.82) is 0 Å². The van der Waals surface area contributed by atoms with Crippen molar-refractivity contribution in [2.75, 3.05) is 0 Å². The Morgan fingerprint density at radius 2 is 2.18 bits per heavy atom. The number of ether oxygens (including phenoxy) is 1. The minimum Gasteiger partial charge on any atom is -0.462 e. The van der Waals surface area contributed by atoms with E-state index in [4.69, 9.17) is 16.3 Å². The largest absolute Gasteiger partial charge is 0.462 e. The smallest absolute Gasteiger partial charge is 0.326 e. The number of hydrogen-bond donors (Lipinski definition) is 0. The molecular formula is C13H14ClNO2. The number of esters is 1. The average Bonchev–Trinajstić information content (AvgIpc) is 2.59. The van der Waals surface area contributed by atoms with Crippen LogP contribution in [0.2, 0.25) is 5.02 Å². The monoisotopic (exact) mass is 251 g/mol. The standard InChI is InChI=1S/C13H14ClNO2/c1-9(2)17-13(16)8-15-6-5-10-7-11(14)3-4-12(10)15/h3-7,9H,8H2,1-2H3. The van der Waals surface area contributed by atoms with Gasteiger partial charge in [-0.05, 0) is 38.1 Å². The van der Waals surface area contributed by atoms with Crippen LogP contribution in [0.5, 0.6) is 0 Å². The molecule has 0 saturated carbocycles. The summed E-state index contributed by atoms with van der Waals surface area (Å²) in [7, 11) is 0. The van der Waals surface area contributed by atoms with Crippen molar-refractivity contribution < 1.29 is 9.53 Å². The number of benzene rings is 1. The third kappa shape index (κ3) is 2.80. The predicted octanol–water partition coefficient (Wildman–Crippen LogP) is 3.25. The highest BCUT2D eigenvalue weighted by atomic mass is 35.5. The minimum absolute atomic E-state index is 0.0845. The Morgan fingerprint density at radius 3 is 2.88 bits per heavy atom. The van der Waals surface area contributed by atoms with E-state index in [1.807, 2.05) is 48.9 Å². The number of nitrogens with zero attached hydrogens (tertiary/aromatic N) is 1. The van der Waals surface area contributed by atoms with Gasteiger partial charge in [0.15, 0.2) is 0 Å². The second-order valence-electron chi connectivity index (χ2n) is 4.19. The molecule has 0 radical (unpaired) electrons. The van der Waals surface area contributed by atoms with Crippen LogP contribution in [0.3, 0.4) is 0 Å². The number of aromatic nitrogens is 1. The Bertz CT molecular complexity index is 545. The number of carbonyl (C=O) groups excluding carboxylic acids is 1. The lowest BCUT2D eigenvalue weighted by atomic mass is 10.2. The maximum absolute atomic E-state index is 11.6. The first kappa shape index (κ1) is 12.0. The van der Waals surface area contributed by atoms with Crippen LogP contribution in [0.4, 0.5) is 0 Å². The summed E-state index contributed by atoms with van der Waals surface area (Å²) in [6, 6.07) is 7.53. The lowest BCUT2D eigenvalue weighted by Gasteiger charge is -2.09. The molecule has 0 aliphatic carbocycles. The third-order valence-corrected chi connectivity index (χ3v) is 2.63. The van der Waals surface area contributed by atoms with Crippen molar-refractivity contribution in [1.82, 2.24) is 4.57 Å². The predicted molar refractivity (Wildman–Crippen MR) is 68.2 cm³/mol. The maximum Gasteiger partial charge on any atom is 0.326 e. The molecule has 0 spiro atoms. The highest BCUT2D eigenvalue weighted by Crippen LogP contribution is 2.20. The van der Waals surface area contributed by atoms with Gasteiger partial charge in [0.05, 0.1) is 6.10 Å². The molecule has 90 valence electrons. The Labute approximate surface area is 105 Å². The molecule has 0 atom stereocenters. The highest BCUT2D eigenvalue weighted by molar-refractivity contribution is 6.31. The second-order valence-corrected chi connectivity index (χ2v) is 4.62. The summed E-state index contributed by atoms with van der Waals surface area (Å²) in [6.07, 6.45) is 1.78. The Hall–Kier alpha value is -1.48. The number of halogens is 1. The molecule has 3 nitrogen and oxygen atoms in total. The van der Waals surface area contributed by atoms with Crippen LogP contribution in [-0.2, 0) is 16.1 Å². The van der Waals surface area contributed by atoms with Crippen molar-refractivity contribution >= 4 is 28.5 Å². The van der Waals surface area contributed by atoms with Crippen LogP contribution in [0.1, 0.15) is 13.8 Å². The quantitative estimate of drug-likeness (QED) is 0.784. The summed E-state index contributed by atoms with van der Waals surface area (Å²) in [5, 5.41) is 1.72. The van der Waals surface area contributed by atoms with Gasteiger partial charge in [-0.3, -0.25) is 4.79 Å². The fraction of sp³-hybridized carbons (Fsp3) is 0.308. The molecule has 0 aliphatic heterocycles. The van der Waals surface area contributed by atoms with Gasteiger partial charge in [-0.25, -0.2) is 0 Å². The van der Waals surface area contributed by atoms with Crippen LogP contribution in [0.15, 0.2) is 30.5 Å². The van der Waals surface area contributed by atoms with Gasteiger partial charge in [0.25, 0.3) is 0 Å². The number of rotatable bonds is 3. The van der Waals surface area contributed by atoms with Gasteiger partial charge in [0.1, 0.15) is 6.54 Å². The Balaban J connectivity index is 2.22. The first-order valence-electron chi connectivity index (χ1n) is 5.50. The average molecular weight is 252 g/mol. The lowest BCUT2D eigenvalue weighted by molar-refractivity contribution is -0.148. The molecule has 0 aliphatic rings. The molecule has 0 bridgehead atoms. The molecule has 4 heteroatoms. The molecule has 1 heterocycles. The summed E-state index contributed by atoms with van der Waals surface area (Å²) in [5.41, 5.74) is 0.982. The number of hydrogen-bond acceptors (Lipinski definition) is 2. The molecular weight excluding hydrogens is 238 g/mol. The molecule has 0 saturated heterocycles. The fourth-order valence-corrected chi connectivity index (χ4v) is 1.93. The topological polar surface area (TPSA) is 31.2 Å². The van der Waals surface area contributed by atoms with Crippen LogP contribution < -0.4 is 0 Å². The van der Waals surface area contributed by atoms with E-state index in [1.54, 1.807) is 0 Å². The van der Waals surface area contributed by atoms with Crippen molar-refractivity contribution in [3.05, 3.63) is 35.5 Å². The van der Waals surface area contributed by atoms with Gasteiger partial charge in [0.2, 0.25) is 0 Å². The van der Waals surface area contributed by atoms with Crippen LogP contribution in [0, 0.1) is 0 Å². The third-order valence-electron chi connectivity index (χ3n) is 2.40. The van der Waals surface area contributed by atoms with Gasteiger partial charge in [-0.2, -0.15) is 0 Å². The first-order valence-corrected chi connectivity index (χ1v) is 5.88. The number of fused-ring (bicyclic) bond motifs is 1. The van der Waals surface area contributed by atoms with Crippen molar-refractivity contribution in [3.63, 3.8) is 0 Å². The van der Waals surface area contributed by atoms with E-state index in [0.717, 1.165) is 10.9 Å². The molecule has 0 fully saturated rings. The van der Waals surface area contributed by atoms with Crippen molar-refractivity contribution in [3.8, 4) is 0 Å². The SMILES string of the molecule is CC(C)OC(=O)Cn1ccc2cc(Cl)ccc21. The van der Waals surface area contributed by atoms with E-state index in [1.165, 1.54) is 0 Å².